The fourth-order valence-corrected chi connectivity index (χ4v) is 5.74. The van der Waals surface area contributed by atoms with Crippen LogP contribution in [0.1, 0.15) is 39.5 Å². The predicted octanol–water partition coefficient (Wildman–Crippen LogP) is 5.53. The molecule has 0 aromatic heterocycles. The lowest BCUT2D eigenvalue weighted by molar-refractivity contribution is -0.137. The number of alkyl halides is 3. The maximum absolute atomic E-state index is 14.2. The lowest BCUT2D eigenvalue weighted by Crippen LogP contribution is -2.46. The number of hydrogen-bond donors (Lipinski definition) is 0. The van der Waals surface area contributed by atoms with Gasteiger partial charge in [0, 0.05) is 54.3 Å². The maximum atomic E-state index is 14.2. The zero-order chi connectivity index (χ0) is 32.8. The first kappa shape index (κ1) is 33.2. The fraction of sp³-hybridized carbons (Fsp3) is 0.364. The molecule has 2 amide bonds. The van der Waals surface area contributed by atoms with E-state index in [0.717, 1.165) is 24.3 Å². The second-order valence-corrected chi connectivity index (χ2v) is 11.3. The molecule has 13 heteroatoms. The molecule has 3 aromatic carbocycles. The third-order valence-corrected chi connectivity index (χ3v) is 8.34. The summed E-state index contributed by atoms with van der Waals surface area (Å²) in [7, 11) is 3.06. The standard InChI is InChI=1S/C33H34ClF3N4O5/c1-44-24-11-12-30(45-2)26(19-24)29-20-28(25-5-3-4-6-27(25)34)38-41(29)31(42)21-40(14-13-39-15-17-46-18-16-39)32(43)22-7-9-23(10-8-22)33(35,36)37/h3-12,19,29H,13-18,20-21H2,1-2H3/t29-/m1/s1. The van der Waals surface area contributed by atoms with Crippen molar-refractivity contribution in [1.82, 2.24) is 14.8 Å². The first-order valence-corrected chi connectivity index (χ1v) is 15.1. The fourth-order valence-electron chi connectivity index (χ4n) is 5.50. The highest BCUT2D eigenvalue weighted by atomic mass is 35.5. The van der Waals surface area contributed by atoms with Gasteiger partial charge in [-0.25, -0.2) is 5.01 Å². The summed E-state index contributed by atoms with van der Waals surface area (Å²) in [4.78, 5) is 31.4. The van der Waals surface area contributed by atoms with E-state index in [9.17, 15) is 22.8 Å². The minimum atomic E-state index is -4.54. The summed E-state index contributed by atoms with van der Waals surface area (Å²) in [5.41, 5.74) is 1.05. The van der Waals surface area contributed by atoms with E-state index in [1.54, 1.807) is 30.3 Å². The van der Waals surface area contributed by atoms with Gasteiger partial charge in [-0.15, -0.1) is 0 Å². The van der Waals surface area contributed by atoms with Crippen LogP contribution >= 0.6 is 11.6 Å². The summed E-state index contributed by atoms with van der Waals surface area (Å²) in [6, 6.07) is 15.8. The molecule has 2 aliphatic rings. The number of ether oxygens (including phenoxy) is 3. The van der Waals surface area contributed by atoms with Crippen molar-refractivity contribution >= 4 is 29.1 Å². The highest BCUT2D eigenvalue weighted by Gasteiger charge is 2.37. The van der Waals surface area contributed by atoms with Crippen molar-refractivity contribution < 1.29 is 37.0 Å². The number of halogens is 4. The van der Waals surface area contributed by atoms with Crippen LogP contribution in [0.4, 0.5) is 13.2 Å². The molecule has 0 unspecified atom stereocenters. The Morgan fingerprint density at radius 1 is 1.02 bits per heavy atom. The summed E-state index contributed by atoms with van der Waals surface area (Å²) < 4.78 is 56.1. The minimum absolute atomic E-state index is 0.0375. The van der Waals surface area contributed by atoms with Crippen molar-refractivity contribution in [2.24, 2.45) is 5.10 Å². The van der Waals surface area contributed by atoms with Crippen LogP contribution in [0.3, 0.4) is 0 Å². The van der Waals surface area contributed by atoms with E-state index >= 15 is 0 Å². The van der Waals surface area contributed by atoms with Crippen LogP contribution in [-0.4, -0.2) is 92.5 Å². The lowest BCUT2D eigenvalue weighted by Gasteiger charge is -2.31. The van der Waals surface area contributed by atoms with Crippen molar-refractivity contribution in [2.45, 2.75) is 18.6 Å². The van der Waals surface area contributed by atoms with Crippen LogP contribution in [-0.2, 0) is 15.7 Å². The summed E-state index contributed by atoms with van der Waals surface area (Å²) in [5.74, 6) is 0.0164. The molecule has 5 rings (SSSR count). The molecule has 0 aliphatic carbocycles. The molecular weight excluding hydrogens is 625 g/mol. The number of hydrazone groups is 1. The number of benzene rings is 3. The van der Waals surface area contributed by atoms with Gasteiger partial charge < -0.3 is 19.1 Å². The Bertz CT molecular complexity index is 1580. The molecular formula is C33H34ClF3N4O5. The summed E-state index contributed by atoms with van der Waals surface area (Å²) in [5, 5.41) is 6.51. The Morgan fingerprint density at radius 3 is 2.39 bits per heavy atom. The Labute approximate surface area is 270 Å². The van der Waals surface area contributed by atoms with E-state index in [1.807, 2.05) is 12.1 Å². The Balaban J connectivity index is 1.47. The molecule has 0 radical (unpaired) electrons. The second-order valence-electron chi connectivity index (χ2n) is 10.8. The molecule has 1 atom stereocenters. The number of methoxy groups -OCH3 is 2. The molecule has 3 aromatic rings. The quantitative estimate of drug-likeness (QED) is 0.285. The number of carbonyl (C=O) groups is 2. The SMILES string of the molecule is COc1ccc(OC)c([C@H]2CC(c3ccccc3Cl)=NN2C(=O)CN(CCN2CCOCC2)C(=O)c2ccc(C(F)(F)F)cc2)c1. The number of hydrogen-bond acceptors (Lipinski definition) is 7. The van der Waals surface area contributed by atoms with Crippen LogP contribution in [0.5, 0.6) is 11.5 Å². The number of amides is 2. The number of morpholine rings is 1. The van der Waals surface area contributed by atoms with Crippen molar-refractivity contribution in [3.8, 4) is 11.5 Å². The van der Waals surface area contributed by atoms with Crippen LogP contribution in [0.2, 0.25) is 5.02 Å². The van der Waals surface area contributed by atoms with Gasteiger partial charge in [-0.3, -0.25) is 14.5 Å². The molecule has 1 saturated heterocycles. The van der Waals surface area contributed by atoms with E-state index in [2.05, 4.69) is 4.90 Å². The Morgan fingerprint density at radius 2 is 1.74 bits per heavy atom. The molecule has 0 spiro atoms. The van der Waals surface area contributed by atoms with Gasteiger partial charge in [0.1, 0.15) is 18.0 Å². The molecule has 1 fully saturated rings. The number of nitrogens with zero attached hydrogens (tertiary/aromatic N) is 4. The highest BCUT2D eigenvalue weighted by Crippen LogP contribution is 2.40. The zero-order valence-corrected chi connectivity index (χ0v) is 26.2. The normalized spacial score (nSPS) is 17.0. The molecule has 0 N–H and O–H groups in total. The Hall–Kier alpha value is -4.13. The minimum Gasteiger partial charge on any atom is -0.497 e. The maximum Gasteiger partial charge on any atom is 0.416 e. The molecule has 2 heterocycles. The third kappa shape index (κ3) is 7.63. The van der Waals surface area contributed by atoms with Crippen LogP contribution in [0, 0.1) is 0 Å². The van der Waals surface area contributed by atoms with Crippen molar-refractivity contribution in [1.29, 1.82) is 0 Å². The van der Waals surface area contributed by atoms with Gasteiger partial charge >= 0.3 is 6.18 Å². The zero-order valence-electron chi connectivity index (χ0n) is 25.4. The summed E-state index contributed by atoms with van der Waals surface area (Å²) in [6.07, 6.45) is -4.24. The van der Waals surface area contributed by atoms with Gasteiger partial charge in [0.2, 0.25) is 0 Å². The van der Waals surface area contributed by atoms with Gasteiger partial charge in [-0.2, -0.15) is 18.3 Å². The first-order chi connectivity index (χ1) is 22.1. The largest absolute Gasteiger partial charge is 0.497 e. The van der Waals surface area contributed by atoms with Gasteiger partial charge in [-0.05, 0) is 48.5 Å². The van der Waals surface area contributed by atoms with Crippen molar-refractivity contribution in [3.05, 3.63) is 94.0 Å². The van der Waals surface area contributed by atoms with Gasteiger partial charge in [0.15, 0.2) is 0 Å². The van der Waals surface area contributed by atoms with E-state index in [0.29, 0.717) is 72.6 Å². The van der Waals surface area contributed by atoms with Crippen LogP contribution < -0.4 is 9.47 Å². The molecule has 244 valence electrons. The lowest BCUT2D eigenvalue weighted by atomic mass is 9.97. The second kappa shape index (κ2) is 14.5. The smallest absolute Gasteiger partial charge is 0.416 e. The molecule has 0 bridgehead atoms. The van der Waals surface area contributed by atoms with E-state index in [4.69, 9.17) is 30.9 Å². The summed E-state index contributed by atoms with van der Waals surface area (Å²) in [6.45, 7) is 2.65. The van der Waals surface area contributed by atoms with E-state index in [1.165, 1.54) is 24.1 Å². The monoisotopic (exact) mass is 658 g/mol. The van der Waals surface area contributed by atoms with Crippen molar-refractivity contribution in [2.75, 3.05) is 60.2 Å². The van der Waals surface area contributed by atoms with Crippen LogP contribution in [0.15, 0.2) is 71.8 Å². The van der Waals surface area contributed by atoms with Gasteiger partial charge in [-0.1, -0.05) is 29.8 Å². The number of carbonyl (C=O) groups excluding carboxylic acids is 2. The van der Waals surface area contributed by atoms with E-state index < -0.39 is 29.6 Å². The molecule has 46 heavy (non-hydrogen) atoms. The summed E-state index contributed by atoms with van der Waals surface area (Å²) >= 11 is 6.51. The molecule has 9 nitrogen and oxygen atoms in total. The third-order valence-electron chi connectivity index (χ3n) is 8.01. The average molecular weight is 659 g/mol. The average Bonchev–Trinajstić information content (AvgIpc) is 3.51. The molecule has 2 aliphatic heterocycles. The number of rotatable bonds is 10. The highest BCUT2D eigenvalue weighted by molar-refractivity contribution is 6.34. The van der Waals surface area contributed by atoms with Crippen molar-refractivity contribution in [3.63, 3.8) is 0 Å². The Kier molecular flexibility index (Phi) is 10.5. The van der Waals surface area contributed by atoms with E-state index in [-0.39, 0.29) is 18.7 Å². The molecule has 0 saturated carbocycles. The van der Waals surface area contributed by atoms with Gasteiger partial charge in [0.25, 0.3) is 11.8 Å². The first-order valence-electron chi connectivity index (χ1n) is 14.7. The predicted molar refractivity (Wildman–Crippen MR) is 166 cm³/mol. The topological polar surface area (TPSA) is 83.9 Å². The van der Waals surface area contributed by atoms with Gasteiger partial charge in [0.05, 0.1) is 44.8 Å². The van der Waals surface area contributed by atoms with Crippen LogP contribution in [0.25, 0.3) is 0 Å².